The van der Waals surface area contributed by atoms with Gasteiger partial charge in [0.1, 0.15) is 0 Å². The van der Waals surface area contributed by atoms with E-state index >= 15 is 0 Å². The lowest BCUT2D eigenvalue weighted by molar-refractivity contribution is 0.281. The van der Waals surface area contributed by atoms with E-state index in [-0.39, 0.29) is 18.3 Å². The first kappa shape index (κ1) is 14.4. The van der Waals surface area contributed by atoms with Crippen molar-refractivity contribution in [2.75, 3.05) is 0 Å². The molecule has 7 heteroatoms. The van der Waals surface area contributed by atoms with Crippen LogP contribution in [0, 0.1) is 0 Å². The number of aromatic amines is 1. The van der Waals surface area contributed by atoms with E-state index in [9.17, 15) is 4.79 Å². The first-order valence-corrected chi connectivity index (χ1v) is 7.38. The molecule has 5 nitrogen and oxygen atoms in total. The largest absolute Gasteiger partial charge is 0.392 e. The third-order valence-electron chi connectivity index (χ3n) is 2.57. The molecule has 1 aromatic carbocycles. The molecule has 0 fully saturated rings. The third kappa shape index (κ3) is 3.10. The molecule has 0 amide bonds. The average Bonchev–Trinajstić information content (AvgIpc) is 2.73. The minimum absolute atomic E-state index is 0.00263. The van der Waals surface area contributed by atoms with Crippen LogP contribution in [0.15, 0.2) is 37.5 Å². The smallest absolute Gasteiger partial charge is 0.344 e. The van der Waals surface area contributed by atoms with Crippen molar-refractivity contribution in [3.63, 3.8) is 0 Å². The summed E-state index contributed by atoms with van der Waals surface area (Å²) in [6.45, 7) is 3.87. The minimum atomic E-state index is -0.208. The summed E-state index contributed by atoms with van der Waals surface area (Å²) in [5.74, 6) is 0. The Balaban J connectivity index is 2.34. The number of hydrogen-bond donors (Lipinski definition) is 2. The lowest BCUT2D eigenvalue weighted by atomic mass is 10.2. The molecule has 0 aliphatic carbocycles. The molecule has 1 heterocycles. The normalized spacial score (nSPS) is 11.2. The number of nitrogens with one attached hydrogen (secondary N) is 1. The van der Waals surface area contributed by atoms with E-state index < -0.39 is 0 Å². The second kappa shape index (κ2) is 5.94. The molecule has 1 aromatic heterocycles. The van der Waals surface area contributed by atoms with Crippen LogP contribution in [0.5, 0.6) is 0 Å². The molecule has 2 N–H and O–H groups in total. The van der Waals surface area contributed by atoms with Crippen LogP contribution in [0.3, 0.4) is 0 Å². The maximum absolute atomic E-state index is 11.6. The van der Waals surface area contributed by atoms with Crippen molar-refractivity contribution in [3.05, 3.63) is 38.7 Å². The van der Waals surface area contributed by atoms with Crippen molar-refractivity contribution in [2.24, 2.45) is 0 Å². The molecule has 0 atom stereocenters. The predicted molar refractivity (Wildman–Crippen MR) is 77.4 cm³/mol. The average molecular weight is 344 g/mol. The summed E-state index contributed by atoms with van der Waals surface area (Å²) in [4.78, 5) is 12.6. The van der Waals surface area contributed by atoms with Gasteiger partial charge in [0.2, 0.25) is 0 Å². The fraction of sp³-hybridized carbons (Fsp3) is 0.333. The monoisotopic (exact) mass is 343 g/mol. The second-order valence-electron chi connectivity index (χ2n) is 4.30. The van der Waals surface area contributed by atoms with Crippen molar-refractivity contribution in [1.29, 1.82) is 0 Å². The highest BCUT2D eigenvalue weighted by Crippen LogP contribution is 2.33. The van der Waals surface area contributed by atoms with Gasteiger partial charge in [-0.3, -0.25) is 4.57 Å². The molecule has 0 aliphatic rings. The molecule has 0 spiro atoms. The zero-order valence-corrected chi connectivity index (χ0v) is 13.0. The summed E-state index contributed by atoms with van der Waals surface area (Å²) in [6, 6.07) is 5.64. The number of rotatable bonds is 4. The molecule has 2 aromatic rings. The number of hydrogen-bond acceptors (Lipinski definition) is 4. The van der Waals surface area contributed by atoms with E-state index in [1.54, 1.807) is 4.57 Å². The standard InChI is InChI=1S/C12H14BrN3O2S/c1-7(2)16-11(18)14-15-12(16)19-10-4-3-8(6-17)5-9(10)13/h3-5,7,17H,6H2,1-2H3,(H,14,18). The van der Waals surface area contributed by atoms with Gasteiger partial charge in [0, 0.05) is 15.4 Å². The van der Waals surface area contributed by atoms with E-state index in [0.29, 0.717) is 5.16 Å². The summed E-state index contributed by atoms with van der Waals surface area (Å²) in [7, 11) is 0. The predicted octanol–water partition coefficient (Wildman–Crippen LogP) is 2.56. The van der Waals surface area contributed by atoms with Crippen molar-refractivity contribution >= 4 is 27.7 Å². The topological polar surface area (TPSA) is 70.9 Å². The van der Waals surface area contributed by atoms with Crippen molar-refractivity contribution in [1.82, 2.24) is 14.8 Å². The summed E-state index contributed by atoms with van der Waals surface area (Å²) in [6.07, 6.45) is 0. The molecule has 0 saturated heterocycles. The van der Waals surface area contributed by atoms with Crippen LogP contribution < -0.4 is 5.69 Å². The van der Waals surface area contributed by atoms with Crippen LogP contribution in [0.25, 0.3) is 0 Å². The first-order valence-electron chi connectivity index (χ1n) is 5.77. The molecular weight excluding hydrogens is 330 g/mol. The van der Waals surface area contributed by atoms with Crippen LogP contribution in [0.4, 0.5) is 0 Å². The molecule has 2 rings (SSSR count). The number of H-pyrrole nitrogens is 1. The molecular formula is C12H14BrN3O2S. The van der Waals surface area contributed by atoms with Gasteiger partial charge < -0.3 is 5.11 Å². The molecule has 0 unspecified atom stereocenters. The van der Waals surface area contributed by atoms with Gasteiger partial charge in [-0.15, -0.1) is 5.10 Å². The van der Waals surface area contributed by atoms with Crippen molar-refractivity contribution < 1.29 is 5.11 Å². The Morgan fingerprint density at radius 2 is 2.26 bits per heavy atom. The number of aliphatic hydroxyl groups excluding tert-OH is 1. The Labute approximate surface area is 123 Å². The van der Waals surface area contributed by atoms with E-state index in [1.807, 2.05) is 32.0 Å². The minimum Gasteiger partial charge on any atom is -0.392 e. The number of aromatic nitrogens is 3. The second-order valence-corrected chi connectivity index (χ2v) is 6.16. The summed E-state index contributed by atoms with van der Waals surface area (Å²) in [5, 5.41) is 16.2. The Morgan fingerprint density at radius 1 is 1.53 bits per heavy atom. The Bertz CT molecular complexity index is 636. The summed E-state index contributed by atoms with van der Waals surface area (Å²) in [5.41, 5.74) is 0.625. The van der Waals surface area contributed by atoms with E-state index in [0.717, 1.165) is 14.9 Å². The SMILES string of the molecule is CC(C)n1c(Sc2ccc(CO)cc2Br)n[nH]c1=O. The molecule has 0 bridgehead atoms. The number of nitrogens with zero attached hydrogens (tertiary/aromatic N) is 2. The van der Waals surface area contributed by atoms with Crippen LogP contribution in [-0.4, -0.2) is 19.9 Å². The van der Waals surface area contributed by atoms with Crippen LogP contribution in [0.2, 0.25) is 0 Å². The number of aliphatic hydroxyl groups is 1. The molecule has 0 saturated carbocycles. The van der Waals surface area contributed by atoms with Crippen LogP contribution in [-0.2, 0) is 6.61 Å². The maximum atomic E-state index is 11.6. The highest BCUT2D eigenvalue weighted by atomic mass is 79.9. The fourth-order valence-corrected chi connectivity index (χ4v) is 3.28. The van der Waals surface area contributed by atoms with Gasteiger partial charge in [0.15, 0.2) is 5.16 Å². The zero-order chi connectivity index (χ0) is 14.0. The molecule has 102 valence electrons. The van der Waals surface area contributed by atoms with Gasteiger partial charge in [0.05, 0.1) is 6.61 Å². The lowest BCUT2D eigenvalue weighted by Crippen LogP contribution is -2.19. The van der Waals surface area contributed by atoms with Gasteiger partial charge in [-0.1, -0.05) is 6.07 Å². The number of benzene rings is 1. The summed E-state index contributed by atoms with van der Waals surface area (Å²) >= 11 is 4.86. The Morgan fingerprint density at radius 3 is 2.84 bits per heavy atom. The van der Waals surface area contributed by atoms with Gasteiger partial charge >= 0.3 is 5.69 Å². The van der Waals surface area contributed by atoms with E-state index in [1.165, 1.54) is 11.8 Å². The van der Waals surface area contributed by atoms with Crippen molar-refractivity contribution in [2.45, 2.75) is 36.5 Å². The van der Waals surface area contributed by atoms with Gasteiger partial charge in [-0.05, 0) is 59.2 Å². The van der Waals surface area contributed by atoms with Crippen LogP contribution >= 0.6 is 27.7 Å². The zero-order valence-electron chi connectivity index (χ0n) is 10.6. The van der Waals surface area contributed by atoms with Gasteiger partial charge in [-0.2, -0.15) is 0 Å². The molecule has 19 heavy (non-hydrogen) atoms. The quantitative estimate of drug-likeness (QED) is 0.894. The van der Waals surface area contributed by atoms with Crippen LogP contribution in [0.1, 0.15) is 25.5 Å². The fourth-order valence-electron chi connectivity index (χ4n) is 1.64. The van der Waals surface area contributed by atoms with Crippen molar-refractivity contribution in [3.8, 4) is 0 Å². The Hall–Kier alpha value is -1.05. The van der Waals surface area contributed by atoms with Gasteiger partial charge in [0.25, 0.3) is 0 Å². The Kier molecular flexibility index (Phi) is 4.49. The number of halogens is 1. The molecule has 0 radical (unpaired) electrons. The van der Waals surface area contributed by atoms with Gasteiger partial charge in [-0.25, -0.2) is 9.89 Å². The lowest BCUT2D eigenvalue weighted by Gasteiger charge is -2.09. The van der Waals surface area contributed by atoms with E-state index in [2.05, 4.69) is 26.1 Å². The summed E-state index contributed by atoms with van der Waals surface area (Å²) < 4.78 is 2.48. The highest BCUT2D eigenvalue weighted by Gasteiger charge is 2.14. The highest BCUT2D eigenvalue weighted by molar-refractivity contribution is 9.10. The maximum Gasteiger partial charge on any atom is 0.344 e. The van der Waals surface area contributed by atoms with E-state index in [4.69, 9.17) is 5.11 Å². The molecule has 0 aliphatic heterocycles. The first-order chi connectivity index (χ1) is 9.02. The third-order valence-corrected chi connectivity index (χ3v) is 4.53.